The molecule has 3 aliphatic rings. The van der Waals surface area contributed by atoms with Crippen molar-refractivity contribution in [3.8, 4) is 6.01 Å². The van der Waals surface area contributed by atoms with Crippen molar-refractivity contribution < 1.29 is 50.5 Å². The van der Waals surface area contributed by atoms with Crippen molar-refractivity contribution in [1.29, 1.82) is 0 Å². The number of hydrogen-bond acceptors (Lipinski definition) is 10. The molecule has 1 aromatic heterocycles. The number of esters is 1. The lowest BCUT2D eigenvalue weighted by molar-refractivity contribution is -0.142. The number of halogens is 5. The average molecular weight is 724 g/mol. The van der Waals surface area contributed by atoms with Crippen molar-refractivity contribution in [1.82, 2.24) is 19.8 Å². The molecule has 2 aromatic rings. The number of alkyl halides is 3. The van der Waals surface area contributed by atoms with Crippen molar-refractivity contribution in [2.24, 2.45) is 5.92 Å². The number of nitrogens with zero attached hydrogens (tertiary/aromatic N) is 5. The number of ether oxygens (including phenoxy) is 4. The van der Waals surface area contributed by atoms with Gasteiger partial charge in [0.2, 0.25) is 5.83 Å². The summed E-state index contributed by atoms with van der Waals surface area (Å²) < 4.78 is 91.9. The molecule has 11 nitrogen and oxygen atoms in total. The monoisotopic (exact) mass is 723 g/mol. The molecule has 5 rings (SSSR count). The third-order valence-electron chi connectivity index (χ3n) is 9.25. The van der Waals surface area contributed by atoms with Crippen molar-refractivity contribution in [3.05, 3.63) is 71.5 Å². The first-order chi connectivity index (χ1) is 24.2. The van der Waals surface area contributed by atoms with Crippen molar-refractivity contribution in [2.75, 3.05) is 64.6 Å². The number of amides is 1. The molecule has 278 valence electrons. The molecular formula is C35H42F5N5O6. The first kappa shape index (κ1) is 38.1. The van der Waals surface area contributed by atoms with Crippen LogP contribution in [0, 0.1) is 5.92 Å². The fourth-order valence-electron chi connectivity index (χ4n) is 6.51. The second kappa shape index (κ2) is 16.5. The summed E-state index contributed by atoms with van der Waals surface area (Å²) in [4.78, 5) is 38.9. The number of anilines is 1. The first-order valence-electron chi connectivity index (χ1n) is 16.7. The number of carbonyl (C=O) groups is 2. The lowest BCUT2D eigenvalue weighted by Crippen LogP contribution is -2.57. The first-order valence-corrected chi connectivity index (χ1v) is 16.7. The quantitative estimate of drug-likeness (QED) is 0.160. The van der Waals surface area contributed by atoms with Gasteiger partial charge < -0.3 is 33.6 Å². The molecule has 16 heteroatoms. The highest BCUT2D eigenvalue weighted by molar-refractivity contribution is 5.90. The Hall–Kier alpha value is -4.15. The molecule has 0 N–H and O–H groups in total. The lowest BCUT2D eigenvalue weighted by atomic mass is 9.95. The van der Waals surface area contributed by atoms with Crippen LogP contribution in [0.5, 0.6) is 6.01 Å². The van der Waals surface area contributed by atoms with Gasteiger partial charge in [0.15, 0.2) is 5.83 Å². The summed E-state index contributed by atoms with van der Waals surface area (Å²) >= 11 is 0. The summed E-state index contributed by atoms with van der Waals surface area (Å²) in [7, 11) is 2.00. The van der Waals surface area contributed by atoms with E-state index in [2.05, 4.69) is 23.0 Å². The highest BCUT2D eigenvalue weighted by atomic mass is 19.4. The Morgan fingerprint density at radius 1 is 1.04 bits per heavy atom. The average Bonchev–Trinajstić information content (AvgIpc) is 3.52. The third-order valence-corrected chi connectivity index (χ3v) is 9.25. The molecule has 4 atom stereocenters. The number of aromatic nitrogens is 2. The van der Waals surface area contributed by atoms with E-state index in [1.54, 1.807) is 6.92 Å². The second-order valence-electron chi connectivity index (χ2n) is 13.1. The van der Waals surface area contributed by atoms with E-state index in [1.807, 2.05) is 11.9 Å². The van der Waals surface area contributed by atoms with E-state index in [-0.39, 0.29) is 76.0 Å². The summed E-state index contributed by atoms with van der Waals surface area (Å²) in [6, 6.07) is 4.87. The van der Waals surface area contributed by atoms with Gasteiger partial charge in [-0.3, -0.25) is 4.79 Å². The largest absolute Gasteiger partial charge is 0.462 e. The van der Waals surface area contributed by atoms with Gasteiger partial charge in [-0.25, -0.2) is 9.18 Å². The van der Waals surface area contributed by atoms with E-state index in [4.69, 9.17) is 23.9 Å². The van der Waals surface area contributed by atoms with Crippen LogP contribution < -0.4 is 9.64 Å². The van der Waals surface area contributed by atoms with E-state index in [0.717, 1.165) is 25.5 Å². The minimum absolute atomic E-state index is 0.00801. The van der Waals surface area contributed by atoms with E-state index in [0.29, 0.717) is 23.7 Å². The van der Waals surface area contributed by atoms with E-state index in [1.165, 1.54) is 23.1 Å². The van der Waals surface area contributed by atoms with Gasteiger partial charge in [0.1, 0.15) is 12.4 Å². The molecule has 0 radical (unpaired) electrons. The van der Waals surface area contributed by atoms with Crippen LogP contribution in [0.25, 0.3) is 0 Å². The number of carbonyl (C=O) groups excluding carboxylic acids is 2. The van der Waals surface area contributed by atoms with Gasteiger partial charge in [-0.2, -0.15) is 27.5 Å². The van der Waals surface area contributed by atoms with E-state index < -0.39 is 47.4 Å². The predicted molar refractivity (Wildman–Crippen MR) is 175 cm³/mol. The zero-order chi connectivity index (χ0) is 36.9. The molecule has 51 heavy (non-hydrogen) atoms. The normalized spacial score (nSPS) is 21.6. The molecule has 1 aromatic carbocycles. The van der Waals surface area contributed by atoms with Crippen molar-refractivity contribution in [3.63, 3.8) is 0 Å². The standard InChI is InChI=1S/C35H42F5N5O6/c1-21(17-50-33(47)23(3)37)16-48-18-25-15-44(32(46)22(2)36)12-13-45(25)31-27-20-49-30(26-9-5-6-10-28(26)35(38,39)40)14-29(27)41-34(42-31)51-19-24-8-7-11-43(24)4/h5-6,9-10,21,24-25,30H,2-3,7-8,11-20H2,1,4H3/t21-,24-,25+,30?/m0/s1. The van der Waals surface area contributed by atoms with Gasteiger partial charge in [0.05, 0.1) is 49.8 Å². The van der Waals surface area contributed by atoms with Crippen LogP contribution >= 0.6 is 0 Å². The summed E-state index contributed by atoms with van der Waals surface area (Å²) in [6.45, 7) is 9.20. The molecule has 1 amide bonds. The maximum Gasteiger partial charge on any atom is 0.416 e. The second-order valence-corrected chi connectivity index (χ2v) is 13.1. The Labute approximate surface area is 293 Å². The van der Waals surface area contributed by atoms with E-state index in [9.17, 15) is 31.5 Å². The smallest absolute Gasteiger partial charge is 0.416 e. The number of likely N-dealkylation sites (N-methyl/N-ethyl adjacent to an activating group) is 1. The molecule has 0 aliphatic carbocycles. The van der Waals surface area contributed by atoms with Crippen molar-refractivity contribution in [2.45, 2.75) is 57.2 Å². The van der Waals surface area contributed by atoms with Crippen LogP contribution in [0.2, 0.25) is 0 Å². The Morgan fingerprint density at radius 2 is 1.80 bits per heavy atom. The van der Waals surface area contributed by atoms with Crippen molar-refractivity contribution >= 4 is 17.7 Å². The van der Waals surface area contributed by atoms with Crippen LogP contribution in [0.1, 0.15) is 48.3 Å². The zero-order valence-corrected chi connectivity index (χ0v) is 28.6. The molecule has 4 heterocycles. The molecule has 0 saturated carbocycles. The SMILES string of the molecule is C=C(F)C(=O)OC[C@@H](C)COC[C@H]1CN(C(=O)C(=C)F)CCN1c1nc(OC[C@@H]2CCCN2C)nc2c1COC(c1ccccc1C(F)(F)F)C2. The number of fused-ring (bicyclic) bond motifs is 1. The van der Waals surface area contributed by atoms with Crippen LogP contribution in [-0.2, 0) is 43.0 Å². The molecule has 2 saturated heterocycles. The van der Waals surface area contributed by atoms with Gasteiger partial charge in [0, 0.05) is 43.6 Å². The highest BCUT2D eigenvalue weighted by Gasteiger charge is 2.39. The highest BCUT2D eigenvalue weighted by Crippen LogP contribution is 2.41. The van der Waals surface area contributed by atoms with Crippen LogP contribution in [0.15, 0.2) is 49.1 Å². The van der Waals surface area contributed by atoms with Gasteiger partial charge in [-0.15, -0.1) is 0 Å². The summed E-state index contributed by atoms with van der Waals surface area (Å²) in [5, 5.41) is 0. The van der Waals surface area contributed by atoms with E-state index >= 15 is 0 Å². The fraction of sp³-hybridized carbons (Fsp3) is 0.543. The fourth-order valence-corrected chi connectivity index (χ4v) is 6.51. The zero-order valence-electron chi connectivity index (χ0n) is 28.6. The topological polar surface area (TPSA) is 107 Å². The maximum atomic E-state index is 14.0. The summed E-state index contributed by atoms with van der Waals surface area (Å²) in [5.41, 5.74) is 0.210. The number of likely N-dealkylation sites (tertiary alicyclic amines) is 1. The molecule has 3 aliphatic heterocycles. The molecular weight excluding hydrogens is 681 g/mol. The minimum Gasteiger partial charge on any atom is -0.462 e. The number of benzene rings is 1. The van der Waals surface area contributed by atoms with Crippen LogP contribution in [-0.4, -0.2) is 103 Å². The number of hydrogen-bond donors (Lipinski definition) is 0. The van der Waals surface area contributed by atoms with Gasteiger partial charge in [-0.1, -0.05) is 38.3 Å². The lowest BCUT2D eigenvalue weighted by Gasteiger charge is -2.43. The Kier molecular flexibility index (Phi) is 12.3. The summed E-state index contributed by atoms with van der Waals surface area (Å²) in [5.74, 6) is -4.29. The van der Waals surface area contributed by atoms with Gasteiger partial charge in [-0.05, 0) is 38.1 Å². The van der Waals surface area contributed by atoms with Gasteiger partial charge in [0.25, 0.3) is 5.91 Å². The summed E-state index contributed by atoms with van der Waals surface area (Å²) in [6.07, 6.45) is -3.58. The molecule has 1 unspecified atom stereocenters. The van der Waals surface area contributed by atoms with Gasteiger partial charge >= 0.3 is 18.2 Å². The number of rotatable bonds is 13. The minimum atomic E-state index is -4.59. The Balaban J connectivity index is 1.44. The Bertz CT molecular complexity index is 1610. The third kappa shape index (κ3) is 9.40. The Morgan fingerprint density at radius 3 is 2.49 bits per heavy atom. The van der Waals surface area contributed by atoms with Crippen LogP contribution in [0.3, 0.4) is 0 Å². The molecule has 2 fully saturated rings. The number of piperazine rings is 1. The van der Waals surface area contributed by atoms with Crippen LogP contribution in [0.4, 0.5) is 27.8 Å². The molecule has 0 spiro atoms. The molecule has 0 bridgehead atoms. The maximum absolute atomic E-state index is 14.0. The predicted octanol–water partition coefficient (Wildman–Crippen LogP) is 4.96.